The third kappa shape index (κ3) is 4.40. The van der Waals surface area contributed by atoms with Gasteiger partial charge in [0, 0.05) is 26.8 Å². The molecule has 1 atom stereocenters. The zero-order chi connectivity index (χ0) is 12.8. The molecule has 1 amide bonds. The molecule has 0 aliphatic rings. The Kier molecular flexibility index (Phi) is 4.90. The van der Waals surface area contributed by atoms with Crippen molar-refractivity contribution in [1.29, 1.82) is 0 Å². The zero-order valence-electron chi connectivity index (χ0n) is 10.5. The number of aliphatic hydroxyl groups is 1. The Labute approximate surface area is 101 Å². The molecule has 1 heterocycles. The molecule has 0 spiro atoms. The maximum absolute atomic E-state index is 11.6. The van der Waals surface area contributed by atoms with Crippen LogP contribution in [0.3, 0.4) is 0 Å². The summed E-state index contributed by atoms with van der Waals surface area (Å²) >= 11 is 0. The van der Waals surface area contributed by atoms with Gasteiger partial charge in [0.2, 0.25) is 0 Å². The highest BCUT2D eigenvalue weighted by molar-refractivity contribution is 5.93. The second kappa shape index (κ2) is 6.20. The van der Waals surface area contributed by atoms with Gasteiger partial charge < -0.3 is 15.3 Å². The number of hydrogen-bond donors (Lipinski definition) is 2. The maximum atomic E-state index is 11.6. The van der Waals surface area contributed by atoms with Crippen molar-refractivity contribution in [2.75, 3.05) is 26.0 Å². The fourth-order valence-corrected chi connectivity index (χ4v) is 1.29. The van der Waals surface area contributed by atoms with E-state index in [9.17, 15) is 4.79 Å². The van der Waals surface area contributed by atoms with Gasteiger partial charge in [0.15, 0.2) is 0 Å². The molecule has 5 nitrogen and oxygen atoms in total. The number of rotatable bonds is 5. The van der Waals surface area contributed by atoms with Crippen molar-refractivity contribution in [1.82, 2.24) is 9.88 Å². The predicted molar refractivity (Wildman–Crippen MR) is 67.0 cm³/mol. The minimum absolute atomic E-state index is 0.0620. The fourth-order valence-electron chi connectivity index (χ4n) is 1.29. The molecule has 1 aromatic rings. The van der Waals surface area contributed by atoms with Crippen molar-refractivity contribution < 1.29 is 9.90 Å². The third-order valence-electron chi connectivity index (χ3n) is 2.28. The van der Waals surface area contributed by atoms with E-state index in [2.05, 4.69) is 10.3 Å². The Balaban J connectivity index is 2.53. The predicted octanol–water partition coefficient (Wildman–Crippen LogP) is 0.966. The van der Waals surface area contributed by atoms with Crippen LogP contribution in [0.2, 0.25) is 0 Å². The van der Waals surface area contributed by atoms with E-state index in [1.54, 1.807) is 39.3 Å². The van der Waals surface area contributed by atoms with Crippen molar-refractivity contribution >= 4 is 11.7 Å². The monoisotopic (exact) mass is 237 g/mol. The summed E-state index contributed by atoms with van der Waals surface area (Å²) in [7, 11) is 3.41. The number of amides is 1. The van der Waals surface area contributed by atoms with Crippen molar-refractivity contribution in [3.63, 3.8) is 0 Å². The van der Waals surface area contributed by atoms with Crippen LogP contribution in [0.1, 0.15) is 23.7 Å². The van der Waals surface area contributed by atoms with E-state index < -0.39 is 0 Å². The van der Waals surface area contributed by atoms with Crippen LogP contribution in [0.15, 0.2) is 18.3 Å². The largest absolute Gasteiger partial charge is 0.393 e. The summed E-state index contributed by atoms with van der Waals surface area (Å²) in [6, 6.07) is 3.50. The lowest BCUT2D eigenvalue weighted by Crippen LogP contribution is -2.21. The Morgan fingerprint density at radius 2 is 2.24 bits per heavy atom. The second-order valence-electron chi connectivity index (χ2n) is 4.20. The summed E-state index contributed by atoms with van der Waals surface area (Å²) in [5.74, 6) is 0.647. The topological polar surface area (TPSA) is 65.5 Å². The summed E-state index contributed by atoms with van der Waals surface area (Å²) in [5, 5.41) is 12.2. The normalized spacial score (nSPS) is 12.0. The number of pyridine rings is 1. The summed E-state index contributed by atoms with van der Waals surface area (Å²) < 4.78 is 0. The number of nitrogens with zero attached hydrogens (tertiary/aromatic N) is 2. The molecule has 0 aliphatic carbocycles. The third-order valence-corrected chi connectivity index (χ3v) is 2.28. The first kappa shape index (κ1) is 13.4. The number of aromatic nitrogens is 1. The van der Waals surface area contributed by atoms with E-state index in [-0.39, 0.29) is 12.0 Å². The highest BCUT2D eigenvalue weighted by Crippen LogP contribution is 2.07. The molecule has 0 radical (unpaired) electrons. The van der Waals surface area contributed by atoms with Gasteiger partial charge in [0.05, 0.1) is 11.7 Å². The van der Waals surface area contributed by atoms with Crippen LogP contribution in [0.4, 0.5) is 5.82 Å². The van der Waals surface area contributed by atoms with Crippen molar-refractivity contribution in [2.24, 2.45) is 0 Å². The maximum Gasteiger partial charge on any atom is 0.254 e. The molecular formula is C12H19N3O2. The van der Waals surface area contributed by atoms with E-state index in [1.807, 2.05) is 0 Å². The molecule has 1 unspecified atom stereocenters. The molecule has 0 bridgehead atoms. The molecule has 0 aliphatic heterocycles. The minimum Gasteiger partial charge on any atom is -0.393 e. The standard InChI is InChI=1S/C12H19N3O2/c1-9(16)6-7-13-11-5-4-10(8-14-11)12(17)15(2)3/h4-5,8-9,16H,6-7H2,1-3H3,(H,13,14). The summed E-state index contributed by atoms with van der Waals surface area (Å²) in [6.45, 7) is 2.40. The smallest absolute Gasteiger partial charge is 0.254 e. The Morgan fingerprint density at radius 1 is 1.53 bits per heavy atom. The molecular weight excluding hydrogens is 218 g/mol. The van der Waals surface area contributed by atoms with Gasteiger partial charge in [0.1, 0.15) is 5.82 Å². The lowest BCUT2D eigenvalue weighted by Gasteiger charge is -2.11. The fraction of sp³-hybridized carbons (Fsp3) is 0.500. The second-order valence-corrected chi connectivity index (χ2v) is 4.20. The molecule has 0 saturated heterocycles. The van der Waals surface area contributed by atoms with Gasteiger partial charge in [-0.3, -0.25) is 4.79 Å². The molecule has 1 rings (SSSR count). The van der Waals surface area contributed by atoms with Crippen molar-refractivity contribution in [3.05, 3.63) is 23.9 Å². The number of nitrogens with one attached hydrogen (secondary N) is 1. The van der Waals surface area contributed by atoms with Crippen LogP contribution in [0, 0.1) is 0 Å². The van der Waals surface area contributed by atoms with Gasteiger partial charge in [-0.1, -0.05) is 0 Å². The van der Waals surface area contributed by atoms with Crippen molar-refractivity contribution in [3.8, 4) is 0 Å². The number of hydrogen-bond acceptors (Lipinski definition) is 4. The van der Waals surface area contributed by atoms with E-state index in [0.29, 0.717) is 24.3 Å². The van der Waals surface area contributed by atoms with Crippen LogP contribution in [-0.2, 0) is 0 Å². The first-order valence-corrected chi connectivity index (χ1v) is 5.60. The van der Waals surface area contributed by atoms with E-state index in [4.69, 9.17) is 5.11 Å². The van der Waals surface area contributed by atoms with Gasteiger partial charge in [-0.25, -0.2) is 4.98 Å². The minimum atomic E-state index is -0.322. The van der Waals surface area contributed by atoms with E-state index in [0.717, 1.165) is 0 Å². The van der Waals surface area contributed by atoms with Crippen LogP contribution in [0.25, 0.3) is 0 Å². The zero-order valence-corrected chi connectivity index (χ0v) is 10.5. The number of anilines is 1. The quantitative estimate of drug-likeness (QED) is 0.800. The van der Waals surface area contributed by atoms with Gasteiger partial charge in [-0.05, 0) is 25.5 Å². The van der Waals surface area contributed by atoms with Crippen LogP contribution in [0.5, 0.6) is 0 Å². The first-order chi connectivity index (χ1) is 8.00. The molecule has 5 heteroatoms. The molecule has 0 fully saturated rings. The summed E-state index contributed by atoms with van der Waals surface area (Å²) in [5.41, 5.74) is 0.566. The summed E-state index contributed by atoms with van der Waals surface area (Å²) in [6.07, 6.45) is 1.89. The highest BCUT2D eigenvalue weighted by atomic mass is 16.3. The average Bonchev–Trinajstić information content (AvgIpc) is 2.28. The van der Waals surface area contributed by atoms with Crippen LogP contribution < -0.4 is 5.32 Å². The number of carbonyl (C=O) groups is 1. The van der Waals surface area contributed by atoms with Gasteiger partial charge in [-0.15, -0.1) is 0 Å². The van der Waals surface area contributed by atoms with E-state index in [1.165, 1.54) is 4.90 Å². The molecule has 1 aromatic heterocycles. The first-order valence-electron chi connectivity index (χ1n) is 5.60. The Morgan fingerprint density at radius 3 is 2.71 bits per heavy atom. The van der Waals surface area contributed by atoms with Gasteiger partial charge in [-0.2, -0.15) is 0 Å². The molecule has 2 N–H and O–H groups in total. The number of aliphatic hydroxyl groups excluding tert-OH is 1. The molecule has 0 aromatic carbocycles. The molecule has 17 heavy (non-hydrogen) atoms. The SMILES string of the molecule is CC(O)CCNc1ccc(C(=O)N(C)C)cn1. The van der Waals surface area contributed by atoms with Crippen molar-refractivity contribution in [2.45, 2.75) is 19.4 Å². The van der Waals surface area contributed by atoms with Crippen LogP contribution in [-0.4, -0.2) is 47.6 Å². The lowest BCUT2D eigenvalue weighted by atomic mass is 10.2. The molecule has 94 valence electrons. The van der Waals surface area contributed by atoms with Gasteiger partial charge in [0.25, 0.3) is 5.91 Å². The number of carbonyl (C=O) groups excluding carboxylic acids is 1. The summed E-state index contributed by atoms with van der Waals surface area (Å²) in [4.78, 5) is 17.2. The van der Waals surface area contributed by atoms with Gasteiger partial charge >= 0.3 is 0 Å². The van der Waals surface area contributed by atoms with E-state index >= 15 is 0 Å². The highest BCUT2D eigenvalue weighted by Gasteiger charge is 2.07. The lowest BCUT2D eigenvalue weighted by molar-refractivity contribution is 0.0827. The molecule has 0 saturated carbocycles. The average molecular weight is 237 g/mol. The van der Waals surface area contributed by atoms with Crippen LogP contribution >= 0.6 is 0 Å². The Hall–Kier alpha value is -1.62. The Bertz CT molecular complexity index is 361.